The second kappa shape index (κ2) is 6.01. The summed E-state index contributed by atoms with van der Waals surface area (Å²) in [5.74, 6) is 0. The molecule has 0 aromatic heterocycles. The predicted molar refractivity (Wildman–Crippen MR) is 60.4 cm³/mol. The molecule has 0 spiro atoms. The standard InChI is InChI=1S/C10H14BrNO2/c1-13-10(14-2)7-12-9-6-4-3-5-8(9)11/h3-6,10,12H,7H2,1-2H3. The number of ether oxygens (including phenoxy) is 2. The van der Waals surface area contributed by atoms with Crippen LogP contribution in [0.15, 0.2) is 28.7 Å². The minimum Gasteiger partial charge on any atom is -0.379 e. The molecule has 0 bridgehead atoms. The maximum Gasteiger partial charge on any atom is 0.173 e. The third-order valence-electron chi connectivity index (χ3n) is 1.86. The highest BCUT2D eigenvalue weighted by atomic mass is 79.9. The summed E-state index contributed by atoms with van der Waals surface area (Å²) in [6.45, 7) is 0.621. The third kappa shape index (κ3) is 3.29. The van der Waals surface area contributed by atoms with Crippen LogP contribution in [0.25, 0.3) is 0 Å². The summed E-state index contributed by atoms with van der Waals surface area (Å²) in [4.78, 5) is 0. The van der Waals surface area contributed by atoms with E-state index >= 15 is 0 Å². The van der Waals surface area contributed by atoms with Gasteiger partial charge in [0.1, 0.15) is 0 Å². The lowest BCUT2D eigenvalue weighted by Crippen LogP contribution is -2.23. The first-order valence-corrected chi connectivity index (χ1v) is 5.11. The Balaban J connectivity index is 2.49. The van der Waals surface area contributed by atoms with Crippen LogP contribution >= 0.6 is 15.9 Å². The van der Waals surface area contributed by atoms with Gasteiger partial charge in [0.2, 0.25) is 0 Å². The summed E-state index contributed by atoms with van der Waals surface area (Å²) in [6, 6.07) is 7.92. The number of hydrogen-bond donors (Lipinski definition) is 1. The Morgan fingerprint density at radius 2 is 1.93 bits per heavy atom. The van der Waals surface area contributed by atoms with Gasteiger partial charge in [0.05, 0.1) is 6.54 Å². The molecule has 1 N–H and O–H groups in total. The highest BCUT2D eigenvalue weighted by Crippen LogP contribution is 2.20. The van der Waals surface area contributed by atoms with Crippen molar-refractivity contribution in [1.82, 2.24) is 0 Å². The van der Waals surface area contributed by atoms with Crippen molar-refractivity contribution in [3.05, 3.63) is 28.7 Å². The molecule has 0 atom stereocenters. The molecule has 0 aliphatic heterocycles. The maximum absolute atomic E-state index is 5.06. The number of rotatable bonds is 5. The van der Waals surface area contributed by atoms with E-state index in [2.05, 4.69) is 21.2 Å². The zero-order valence-corrected chi connectivity index (χ0v) is 9.87. The first kappa shape index (κ1) is 11.5. The predicted octanol–water partition coefficient (Wildman–Crippen LogP) is 2.48. The molecule has 0 fully saturated rings. The van der Waals surface area contributed by atoms with Gasteiger partial charge in [-0.15, -0.1) is 0 Å². The van der Waals surface area contributed by atoms with Gasteiger partial charge in [-0.1, -0.05) is 12.1 Å². The van der Waals surface area contributed by atoms with E-state index in [-0.39, 0.29) is 6.29 Å². The fourth-order valence-electron chi connectivity index (χ4n) is 1.06. The number of hydrogen-bond acceptors (Lipinski definition) is 3. The zero-order valence-electron chi connectivity index (χ0n) is 8.29. The molecule has 1 aromatic carbocycles. The highest BCUT2D eigenvalue weighted by Gasteiger charge is 2.05. The van der Waals surface area contributed by atoms with Gasteiger partial charge < -0.3 is 14.8 Å². The van der Waals surface area contributed by atoms with Crippen LogP contribution in [0.4, 0.5) is 5.69 Å². The second-order valence-electron chi connectivity index (χ2n) is 2.76. The fraction of sp³-hybridized carbons (Fsp3) is 0.400. The molecule has 0 aliphatic rings. The first-order chi connectivity index (χ1) is 6.77. The Bertz CT molecular complexity index is 277. The molecule has 0 radical (unpaired) electrons. The third-order valence-corrected chi connectivity index (χ3v) is 2.55. The molecule has 14 heavy (non-hydrogen) atoms. The number of para-hydroxylation sites is 1. The van der Waals surface area contributed by atoms with Crippen LogP contribution in [0, 0.1) is 0 Å². The quantitative estimate of drug-likeness (QED) is 0.825. The van der Waals surface area contributed by atoms with Crippen LogP contribution in [0.3, 0.4) is 0 Å². The topological polar surface area (TPSA) is 30.5 Å². The molecule has 3 nitrogen and oxygen atoms in total. The molecule has 0 saturated heterocycles. The summed E-state index contributed by atoms with van der Waals surface area (Å²) < 4.78 is 11.2. The molecule has 0 saturated carbocycles. The van der Waals surface area contributed by atoms with Gasteiger partial charge in [0.25, 0.3) is 0 Å². The van der Waals surface area contributed by atoms with E-state index in [1.807, 2.05) is 24.3 Å². The Morgan fingerprint density at radius 1 is 1.29 bits per heavy atom. The van der Waals surface area contributed by atoms with Crippen molar-refractivity contribution in [2.24, 2.45) is 0 Å². The van der Waals surface area contributed by atoms with E-state index in [1.54, 1.807) is 14.2 Å². The molecular weight excluding hydrogens is 246 g/mol. The SMILES string of the molecule is COC(CNc1ccccc1Br)OC. The Kier molecular flexibility index (Phi) is 4.93. The smallest absolute Gasteiger partial charge is 0.173 e. The Morgan fingerprint density at radius 3 is 2.50 bits per heavy atom. The number of benzene rings is 1. The lowest BCUT2D eigenvalue weighted by atomic mass is 10.3. The van der Waals surface area contributed by atoms with Crippen molar-refractivity contribution in [3.63, 3.8) is 0 Å². The van der Waals surface area contributed by atoms with E-state index in [4.69, 9.17) is 9.47 Å². The van der Waals surface area contributed by atoms with Gasteiger partial charge in [-0.05, 0) is 28.1 Å². The maximum atomic E-state index is 5.06. The van der Waals surface area contributed by atoms with Gasteiger partial charge >= 0.3 is 0 Å². The molecule has 0 heterocycles. The highest BCUT2D eigenvalue weighted by molar-refractivity contribution is 9.10. The minimum atomic E-state index is -0.220. The Hall–Kier alpha value is -0.580. The van der Waals surface area contributed by atoms with Gasteiger partial charge in [-0.2, -0.15) is 0 Å². The van der Waals surface area contributed by atoms with E-state index in [0.717, 1.165) is 10.2 Å². The number of nitrogens with one attached hydrogen (secondary N) is 1. The largest absolute Gasteiger partial charge is 0.379 e. The van der Waals surface area contributed by atoms with Crippen molar-refractivity contribution >= 4 is 21.6 Å². The van der Waals surface area contributed by atoms with Crippen molar-refractivity contribution < 1.29 is 9.47 Å². The molecule has 1 aromatic rings. The van der Waals surface area contributed by atoms with E-state index in [9.17, 15) is 0 Å². The summed E-state index contributed by atoms with van der Waals surface area (Å²) in [5.41, 5.74) is 1.03. The summed E-state index contributed by atoms with van der Waals surface area (Å²) in [7, 11) is 3.24. The van der Waals surface area contributed by atoms with Gasteiger partial charge in [-0.3, -0.25) is 0 Å². The average molecular weight is 260 g/mol. The van der Waals surface area contributed by atoms with Crippen LogP contribution in [0.1, 0.15) is 0 Å². The molecule has 0 amide bonds. The lowest BCUT2D eigenvalue weighted by molar-refractivity contribution is -0.0914. The number of methoxy groups -OCH3 is 2. The van der Waals surface area contributed by atoms with Crippen molar-refractivity contribution in [2.75, 3.05) is 26.1 Å². The summed E-state index contributed by atoms with van der Waals surface area (Å²) >= 11 is 3.45. The Labute approximate surface area is 92.5 Å². The van der Waals surface area contributed by atoms with Gasteiger partial charge in [-0.25, -0.2) is 0 Å². The molecular formula is C10H14BrNO2. The van der Waals surface area contributed by atoms with Crippen LogP contribution in [-0.4, -0.2) is 27.1 Å². The average Bonchev–Trinajstić information content (AvgIpc) is 2.22. The lowest BCUT2D eigenvalue weighted by Gasteiger charge is -2.15. The summed E-state index contributed by atoms with van der Waals surface area (Å²) in [5, 5.41) is 3.22. The minimum absolute atomic E-state index is 0.220. The molecule has 4 heteroatoms. The zero-order chi connectivity index (χ0) is 10.4. The van der Waals surface area contributed by atoms with E-state index < -0.39 is 0 Å². The van der Waals surface area contributed by atoms with Crippen molar-refractivity contribution in [1.29, 1.82) is 0 Å². The molecule has 1 rings (SSSR count). The van der Waals surface area contributed by atoms with Crippen LogP contribution in [-0.2, 0) is 9.47 Å². The van der Waals surface area contributed by atoms with Crippen molar-refractivity contribution in [2.45, 2.75) is 6.29 Å². The second-order valence-corrected chi connectivity index (χ2v) is 3.62. The fourth-order valence-corrected chi connectivity index (χ4v) is 1.49. The van der Waals surface area contributed by atoms with E-state index in [1.165, 1.54) is 0 Å². The van der Waals surface area contributed by atoms with E-state index in [0.29, 0.717) is 6.54 Å². The number of anilines is 1. The number of halogens is 1. The van der Waals surface area contributed by atoms with Crippen molar-refractivity contribution in [3.8, 4) is 0 Å². The monoisotopic (exact) mass is 259 g/mol. The van der Waals surface area contributed by atoms with Gasteiger partial charge in [0.15, 0.2) is 6.29 Å². The van der Waals surface area contributed by atoms with Crippen LogP contribution in [0.5, 0.6) is 0 Å². The molecule has 0 aliphatic carbocycles. The normalized spacial score (nSPS) is 10.6. The van der Waals surface area contributed by atoms with Gasteiger partial charge in [0, 0.05) is 24.4 Å². The van der Waals surface area contributed by atoms with Crippen LogP contribution in [0.2, 0.25) is 0 Å². The molecule has 0 unspecified atom stereocenters. The van der Waals surface area contributed by atoms with Crippen LogP contribution < -0.4 is 5.32 Å². The molecule has 78 valence electrons. The first-order valence-electron chi connectivity index (χ1n) is 4.32. The summed E-state index contributed by atoms with van der Waals surface area (Å²) in [6.07, 6.45) is -0.220.